The fourth-order valence-corrected chi connectivity index (χ4v) is 0.525. The molecular formula is C6H9N2Re-. The molecule has 0 saturated heterocycles. The molecule has 2 nitrogen and oxygen atoms in total. The van der Waals surface area contributed by atoms with Crippen molar-refractivity contribution in [1.29, 1.82) is 0 Å². The van der Waals surface area contributed by atoms with E-state index in [2.05, 4.69) is 25.0 Å². The number of nitrogens with zero attached hydrogens (tertiary/aromatic N) is 2. The molecule has 0 unspecified atom stereocenters. The molecule has 0 spiro atoms. The molecule has 0 atom stereocenters. The molecule has 0 bridgehead atoms. The predicted octanol–water partition coefficient (Wildman–Crippen LogP) is 1.26. The Labute approximate surface area is 68.9 Å². The van der Waals surface area contributed by atoms with E-state index in [9.17, 15) is 0 Å². The smallest absolute Gasteiger partial charge is 0.0428 e. The number of hydrogen-bond donors (Lipinski definition) is 0. The minimum Gasteiger partial charge on any atom is -0.432 e. The van der Waals surface area contributed by atoms with Crippen molar-refractivity contribution in [2.24, 2.45) is 0 Å². The van der Waals surface area contributed by atoms with Crippen LogP contribution in [-0.2, 0) is 20.4 Å². The van der Waals surface area contributed by atoms with Crippen molar-refractivity contribution < 1.29 is 20.4 Å². The quantitative estimate of drug-likeness (QED) is 0.713. The second kappa shape index (κ2) is 3.81. The van der Waals surface area contributed by atoms with Crippen molar-refractivity contribution in [2.75, 3.05) is 0 Å². The summed E-state index contributed by atoms with van der Waals surface area (Å²) in [4.78, 5) is 0. The zero-order chi connectivity index (χ0) is 5.98. The summed E-state index contributed by atoms with van der Waals surface area (Å²) in [6, 6.07) is 3.32. The molecule has 51 valence electrons. The third kappa shape index (κ3) is 2.30. The van der Waals surface area contributed by atoms with E-state index < -0.39 is 0 Å². The van der Waals surface area contributed by atoms with Crippen LogP contribution in [0.5, 0.6) is 0 Å². The SMILES string of the molecule is CC(C)n1c[c-]cn1.[Re]. The minimum atomic E-state index is 0. The van der Waals surface area contributed by atoms with Gasteiger partial charge in [-0.05, 0) is 13.8 Å². The van der Waals surface area contributed by atoms with Gasteiger partial charge in [0.2, 0.25) is 0 Å². The van der Waals surface area contributed by atoms with Crippen molar-refractivity contribution in [1.82, 2.24) is 9.78 Å². The van der Waals surface area contributed by atoms with Crippen molar-refractivity contribution >= 4 is 0 Å². The maximum Gasteiger partial charge on any atom is 0.0428 e. The Balaban J connectivity index is 0.000000640. The Kier molecular flexibility index (Phi) is 3.76. The van der Waals surface area contributed by atoms with Crippen LogP contribution in [-0.4, -0.2) is 9.78 Å². The molecular weight excluding hydrogens is 286 g/mol. The Bertz CT molecular complexity index is 146. The van der Waals surface area contributed by atoms with Crippen molar-refractivity contribution in [3.8, 4) is 0 Å². The van der Waals surface area contributed by atoms with E-state index in [-0.39, 0.29) is 20.4 Å². The first-order chi connectivity index (χ1) is 3.80. The van der Waals surface area contributed by atoms with E-state index in [0.29, 0.717) is 6.04 Å². The normalized spacial score (nSPS) is 9.22. The van der Waals surface area contributed by atoms with Gasteiger partial charge in [-0.1, -0.05) is 0 Å². The molecule has 0 N–H and O–H groups in total. The van der Waals surface area contributed by atoms with Gasteiger partial charge < -0.3 is 10.7 Å². The summed E-state index contributed by atoms with van der Waals surface area (Å²) in [5.74, 6) is 0. The third-order valence-electron chi connectivity index (χ3n) is 1.00. The minimum absolute atomic E-state index is 0. The van der Waals surface area contributed by atoms with Crippen LogP contribution in [0.2, 0.25) is 0 Å². The fourth-order valence-electron chi connectivity index (χ4n) is 0.525. The molecule has 0 saturated carbocycles. The monoisotopic (exact) mass is 296 g/mol. The van der Waals surface area contributed by atoms with Gasteiger partial charge in [-0.3, -0.25) is 0 Å². The molecule has 0 aliphatic rings. The Morgan fingerprint density at radius 3 is 2.44 bits per heavy atom. The van der Waals surface area contributed by atoms with Crippen LogP contribution < -0.4 is 0 Å². The zero-order valence-electron chi connectivity index (χ0n) is 5.50. The van der Waals surface area contributed by atoms with Crippen LogP contribution in [0.1, 0.15) is 19.9 Å². The molecule has 1 rings (SSSR count). The van der Waals surface area contributed by atoms with Gasteiger partial charge in [-0.15, -0.1) is 6.20 Å². The van der Waals surface area contributed by atoms with E-state index in [1.807, 2.05) is 10.9 Å². The first kappa shape index (κ1) is 8.87. The van der Waals surface area contributed by atoms with Gasteiger partial charge in [0, 0.05) is 26.5 Å². The Hall–Kier alpha value is -0.128. The number of aromatic nitrogens is 2. The summed E-state index contributed by atoms with van der Waals surface area (Å²) in [5, 5.41) is 3.98. The zero-order valence-corrected chi connectivity index (χ0v) is 8.22. The topological polar surface area (TPSA) is 17.8 Å². The molecule has 3 heteroatoms. The van der Waals surface area contributed by atoms with E-state index in [4.69, 9.17) is 0 Å². The summed E-state index contributed by atoms with van der Waals surface area (Å²) in [6.07, 6.45) is 3.50. The van der Waals surface area contributed by atoms with Gasteiger partial charge >= 0.3 is 0 Å². The maximum atomic E-state index is 3.98. The molecule has 0 fully saturated rings. The second-order valence-electron chi connectivity index (χ2n) is 2.01. The van der Waals surface area contributed by atoms with Crippen LogP contribution in [0.3, 0.4) is 0 Å². The Morgan fingerprint density at radius 1 is 1.56 bits per heavy atom. The van der Waals surface area contributed by atoms with Crippen LogP contribution in [0.25, 0.3) is 0 Å². The molecule has 1 aromatic rings. The summed E-state index contributed by atoms with van der Waals surface area (Å²) < 4.78 is 1.86. The molecule has 9 heavy (non-hydrogen) atoms. The van der Waals surface area contributed by atoms with Gasteiger partial charge in [0.25, 0.3) is 0 Å². The van der Waals surface area contributed by atoms with E-state index in [1.165, 1.54) is 0 Å². The van der Waals surface area contributed by atoms with Crippen molar-refractivity contribution in [3.05, 3.63) is 18.5 Å². The van der Waals surface area contributed by atoms with E-state index >= 15 is 0 Å². The van der Waals surface area contributed by atoms with Gasteiger partial charge in [0.15, 0.2) is 0 Å². The number of hydrogen-bond acceptors (Lipinski definition) is 1. The van der Waals surface area contributed by atoms with E-state index in [1.54, 1.807) is 6.20 Å². The molecule has 0 aromatic carbocycles. The first-order valence-corrected chi connectivity index (χ1v) is 2.71. The molecule has 1 radical (unpaired) electrons. The Morgan fingerprint density at radius 2 is 2.22 bits per heavy atom. The summed E-state index contributed by atoms with van der Waals surface area (Å²) in [5.41, 5.74) is 0. The average molecular weight is 295 g/mol. The fraction of sp³-hybridized carbons (Fsp3) is 0.500. The van der Waals surface area contributed by atoms with Gasteiger partial charge in [0.1, 0.15) is 0 Å². The third-order valence-corrected chi connectivity index (χ3v) is 1.00. The molecule has 1 aromatic heterocycles. The largest absolute Gasteiger partial charge is 0.432 e. The molecule has 0 aliphatic carbocycles. The molecule has 0 amide bonds. The average Bonchev–Trinajstić information content (AvgIpc) is 2.12. The van der Waals surface area contributed by atoms with Gasteiger partial charge in [0.05, 0.1) is 0 Å². The first-order valence-electron chi connectivity index (χ1n) is 2.71. The van der Waals surface area contributed by atoms with Crippen LogP contribution in [0, 0.1) is 6.07 Å². The van der Waals surface area contributed by atoms with Crippen LogP contribution >= 0.6 is 0 Å². The summed E-state index contributed by atoms with van der Waals surface area (Å²) >= 11 is 0. The standard InChI is InChI=1S/C6H9N2.Re/c1-6(2)8-5-3-4-7-8;/h4-6H,1-2H3;/q-1;. The van der Waals surface area contributed by atoms with Gasteiger partial charge in [-0.2, -0.15) is 6.20 Å². The van der Waals surface area contributed by atoms with Gasteiger partial charge in [-0.25, -0.2) is 5.10 Å². The maximum absolute atomic E-state index is 3.98. The number of rotatable bonds is 1. The second-order valence-corrected chi connectivity index (χ2v) is 2.01. The summed E-state index contributed by atoms with van der Waals surface area (Å²) in [7, 11) is 0. The molecule has 1 heterocycles. The predicted molar refractivity (Wildman–Crippen MR) is 31.4 cm³/mol. The molecule has 0 aliphatic heterocycles. The summed E-state index contributed by atoms with van der Waals surface area (Å²) in [6.45, 7) is 4.17. The van der Waals surface area contributed by atoms with Crippen molar-refractivity contribution in [3.63, 3.8) is 0 Å². The van der Waals surface area contributed by atoms with Crippen molar-refractivity contribution in [2.45, 2.75) is 19.9 Å². The van der Waals surface area contributed by atoms with Crippen LogP contribution in [0.4, 0.5) is 0 Å². The van der Waals surface area contributed by atoms with Crippen LogP contribution in [0.15, 0.2) is 12.4 Å². The van der Waals surface area contributed by atoms with E-state index in [0.717, 1.165) is 0 Å².